The molecule has 0 aliphatic carbocycles. The Kier molecular flexibility index (Phi) is 7.20. The van der Waals surface area contributed by atoms with Crippen molar-refractivity contribution in [2.75, 3.05) is 37.8 Å². The summed E-state index contributed by atoms with van der Waals surface area (Å²) in [6.45, 7) is 1.84. The van der Waals surface area contributed by atoms with Gasteiger partial charge in [0.05, 0.1) is 37.1 Å². The van der Waals surface area contributed by atoms with Crippen molar-refractivity contribution >= 4 is 40.8 Å². The van der Waals surface area contributed by atoms with Crippen LogP contribution in [0.1, 0.15) is 19.8 Å². The molecular formula is C18H21ClN2O6. The van der Waals surface area contributed by atoms with Crippen LogP contribution in [-0.2, 0) is 28.6 Å². The van der Waals surface area contributed by atoms with E-state index >= 15 is 0 Å². The molecule has 0 unspecified atom stereocenters. The highest BCUT2D eigenvalue weighted by atomic mass is 35.5. The topological polar surface area (TPSA) is 94.2 Å². The number of ether oxygens (including phenoxy) is 3. The molecule has 1 N–H and O–H groups in total. The van der Waals surface area contributed by atoms with Gasteiger partial charge < -0.3 is 24.4 Å². The second-order valence-electron chi connectivity index (χ2n) is 5.68. The van der Waals surface area contributed by atoms with Gasteiger partial charge >= 0.3 is 11.9 Å². The van der Waals surface area contributed by atoms with Gasteiger partial charge in [-0.15, -0.1) is 0 Å². The standard InChI is InChI=1S/C18H21ClN2O6/c1-4-5-15(22)20-14-7-6-11(8-13(14)19)21-10-27-9-12(17(23)25-2)16(21)18(24)26-3/h6-8H,4-5,9-10H2,1-3H3,(H,20,22). The fraction of sp³-hybridized carbons (Fsp3) is 0.389. The zero-order valence-electron chi connectivity index (χ0n) is 15.3. The molecule has 1 amide bonds. The van der Waals surface area contributed by atoms with E-state index in [4.69, 9.17) is 25.8 Å². The van der Waals surface area contributed by atoms with Crippen LogP contribution in [0.3, 0.4) is 0 Å². The van der Waals surface area contributed by atoms with Gasteiger partial charge in [-0.3, -0.25) is 4.79 Å². The normalized spacial score (nSPS) is 14.0. The molecule has 0 bridgehead atoms. The predicted molar refractivity (Wildman–Crippen MR) is 99.3 cm³/mol. The summed E-state index contributed by atoms with van der Waals surface area (Å²) in [4.78, 5) is 37.5. The van der Waals surface area contributed by atoms with Gasteiger partial charge in [0.25, 0.3) is 0 Å². The van der Waals surface area contributed by atoms with Crippen LogP contribution in [-0.4, -0.2) is 45.4 Å². The van der Waals surface area contributed by atoms with Crippen LogP contribution in [0.4, 0.5) is 11.4 Å². The molecule has 1 aromatic carbocycles. The molecule has 2 rings (SSSR count). The Balaban J connectivity index is 2.40. The van der Waals surface area contributed by atoms with Gasteiger partial charge in [-0.1, -0.05) is 18.5 Å². The second kappa shape index (κ2) is 9.38. The first-order valence-corrected chi connectivity index (χ1v) is 8.65. The largest absolute Gasteiger partial charge is 0.466 e. The van der Waals surface area contributed by atoms with E-state index in [-0.39, 0.29) is 35.5 Å². The monoisotopic (exact) mass is 396 g/mol. The Morgan fingerprint density at radius 2 is 1.93 bits per heavy atom. The number of carbonyl (C=O) groups excluding carboxylic acids is 3. The Labute approximate surface area is 162 Å². The molecule has 0 saturated heterocycles. The maximum absolute atomic E-state index is 12.3. The minimum absolute atomic E-state index is 0.0167. The maximum atomic E-state index is 12.3. The number of carbonyl (C=O) groups is 3. The number of rotatable bonds is 6. The molecule has 9 heteroatoms. The maximum Gasteiger partial charge on any atom is 0.355 e. The Morgan fingerprint density at radius 1 is 1.22 bits per heavy atom. The summed E-state index contributed by atoms with van der Waals surface area (Å²) in [5.74, 6) is -1.53. The number of nitrogens with zero attached hydrogens (tertiary/aromatic N) is 1. The molecule has 27 heavy (non-hydrogen) atoms. The molecule has 1 aromatic rings. The molecule has 1 heterocycles. The highest BCUT2D eigenvalue weighted by molar-refractivity contribution is 6.34. The number of anilines is 2. The van der Waals surface area contributed by atoms with Gasteiger partial charge in [0.15, 0.2) is 0 Å². The number of hydrogen-bond donors (Lipinski definition) is 1. The first-order chi connectivity index (χ1) is 12.9. The van der Waals surface area contributed by atoms with E-state index in [2.05, 4.69) is 5.32 Å². The number of halogens is 1. The lowest BCUT2D eigenvalue weighted by molar-refractivity contribution is -0.140. The highest BCUT2D eigenvalue weighted by Gasteiger charge is 2.32. The molecule has 8 nitrogen and oxygen atoms in total. The van der Waals surface area contributed by atoms with Crippen molar-refractivity contribution in [2.24, 2.45) is 0 Å². The van der Waals surface area contributed by atoms with E-state index in [1.807, 2.05) is 6.92 Å². The molecule has 146 valence electrons. The summed E-state index contributed by atoms with van der Waals surface area (Å²) in [6, 6.07) is 4.84. The molecule has 0 atom stereocenters. The number of hydrogen-bond acceptors (Lipinski definition) is 7. The van der Waals surface area contributed by atoms with Crippen LogP contribution in [0, 0.1) is 0 Å². The Hall–Kier alpha value is -2.58. The molecular weight excluding hydrogens is 376 g/mol. The van der Waals surface area contributed by atoms with Crippen molar-refractivity contribution < 1.29 is 28.6 Å². The van der Waals surface area contributed by atoms with Crippen LogP contribution < -0.4 is 10.2 Å². The van der Waals surface area contributed by atoms with Crippen molar-refractivity contribution in [3.05, 3.63) is 34.5 Å². The summed E-state index contributed by atoms with van der Waals surface area (Å²) >= 11 is 6.27. The van der Waals surface area contributed by atoms with Crippen LogP contribution >= 0.6 is 11.6 Å². The summed E-state index contributed by atoms with van der Waals surface area (Å²) < 4.78 is 14.9. The number of amides is 1. The molecule has 0 spiro atoms. The SMILES string of the molecule is CCCC(=O)Nc1ccc(N2COCC(C(=O)OC)=C2C(=O)OC)cc1Cl. The Morgan fingerprint density at radius 3 is 2.52 bits per heavy atom. The van der Waals surface area contributed by atoms with Crippen molar-refractivity contribution in [3.63, 3.8) is 0 Å². The highest BCUT2D eigenvalue weighted by Crippen LogP contribution is 2.32. The van der Waals surface area contributed by atoms with Gasteiger partial charge in [0.1, 0.15) is 12.4 Å². The third kappa shape index (κ3) is 4.78. The van der Waals surface area contributed by atoms with E-state index in [1.165, 1.54) is 19.1 Å². The molecule has 0 saturated carbocycles. The van der Waals surface area contributed by atoms with E-state index in [0.29, 0.717) is 17.8 Å². The van der Waals surface area contributed by atoms with E-state index in [0.717, 1.165) is 6.42 Å². The van der Waals surface area contributed by atoms with Crippen LogP contribution in [0.2, 0.25) is 5.02 Å². The number of methoxy groups -OCH3 is 2. The Bertz CT molecular complexity index is 777. The lowest BCUT2D eigenvalue weighted by Gasteiger charge is -2.31. The zero-order chi connectivity index (χ0) is 20.0. The third-order valence-corrected chi connectivity index (χ3v) is 4.16. The number of benzene rings is 1. The minimum Gasteiger partial charge on any atom is -0.466 e. The molecule has 0 fully saturated rings. The average Bonchev–Trinajstić information content (AvgIpc) is 2.67. The van der Waals surface area contributed by atoms with Crippen molar-refractivity contribution in [1.29, 1.82) is 0 Å². The van der Waals surface area contributed by atoms with Gasteiger partial charge in [-0.05, 0) is 24.6 Å². The third-order valence-electron chi connectivity index (χ3n) is 3.85. The van der Waals surface area contributed by atoms with Gasteiger partial charge in [-0.2, -0.15) is 0 Å². The smallest absolute Gasteiger partial charge is 0.355 e. The predicted octanol–water partition coefficient (Wildman–Crippen LogP) is 2.47. The minimum atomic E-state index is -0.699. The van der Waals surface area contributed by atoms with E-state index in [9.17, 15) is 14.4 Å². The first kappa shape index (κ1) is 20.7. The summed E-state index contributed by atoms with van der Waals surface area (Å²) in [6.07, 6.45) is 1.10. The summed E-state index contributed by atoms with van der Waals surface area (Å²) in [5.41, 5.74) is 1.02. The molecule has 0 aromatic heterocycles. The lowest BCUT2D eigenvalue weighted by Crippen LogP contribution is -2.38. The van der Waals surface area contributed by atoms with Crippen LogP contribution in [0.15, 0.2) is 29.5 Å². The fourth-order valence-corrected chi connectivity index (χ4v) is 2.78. The molecule has 0 radical (unpaired) electrons. The van der Waals surface area contributed by atoms with Gasteiger partial charge in [0.2, 0.25) is 5.91 Å². The van der Waals surface area contributed by atoms with Gasteiger partial charge in [0, 0.05) is 12.1 Å². The van der Waals surface area contributed by atoms with Crippen molar-refractivity contribution in [3.8, 4) is 0 Å². The lowest BCUT2D eigenvalue weighted by atomic mass is 10.1. The summed E-state index contributed by atoms with van der Waals surface area (Å²) in [7, 11) is 2.44. The molecule has 1 aliphatic heterocycles. The van der Waals surface area contributed by atoms with Crippen LogP contribution in [0.25, 0.3) is 0 Å². The zero-order valence-corrected chi connectivity index (χ0v) is 16.1. The fourth-order valence-electron chi connectivity index (χ4n) is 2.56. The first-order valence-electron chi connectivity index (χ1n) is 8.27. The number of esters is 2. The quantitative estimate of drug-likeness (QED) is 0.738. The number of nitrogens with one attached hydrogen (secondary N) is 1. The van der Waals surface area contributed by atoms with E-state index < -0.39 is 11.9 Å². The van der Waals surface area contributed by atoms with E-state index in [1.54, 1.807) is 18.2 Å². The average molecular weight is 397 g/mol. The van der Waals surface area contributed by atoms with Crippen LogP contribution in [0.5, 0.6) is 0 Å². The van der Waals surface area contributed by atoms with Crippen molar-refractivity contribution in [1.82, 2.24) is 0 Å². The van der Waals surface area contributed by atoms with Crippen molar-refractivity contribution in [2.45, 2.75) is 19.8 Å². The summed E-state index contributed by atoms with van der Waals surface area (Å²) in [5, 5.41) is 3.01. The second-order valence-corrected chi connectivity index (χ2v) is 6.09. The van der Waals surface area contributed by atoms with Gasteiger partial charge in [-0.25, -0.2) is 9.59 Å². The molecule has 1 aliphatic rings.